The summed E-state index contributed by atoms with van der Waals surface area (Å²) in [5, 5.41) is 5.61. The second-order valence-corrected chi connectivity index (χ2v) is 6.59. The van der Waals surface area contributed by atoms with Crippen molar-refractivity contribution in [1.29, 1.82) is 0 Å². The molecule has 3 nitrogen and oxygen atoms in total. The molecule has 1 aromatic heterocycles. The molecule has 3 aromatic rings. The molecule has 24 heavy (non-hydrogen) atoms. The van der Waals surface area contributed by atoms with Crippen LogP contribution in [0.1, 0.15) is 16.5 Å². The average Bonchev–Trinajstić information content (AvgIpc) is 3.13. The SMILES string of the molecule is O=C(COc1cccc(Cl)c1)N[C@H](c1ccccc1)c1cccs1. The molecule has 0 radical (unpaired) electrons. The molecule has 0 aliphatic carbocycles. The number of ether oxygens (including phenoxy) is 1. The van der Waals surface area contributed by atoms with Crippen molar-refractivity contribution in [2.75, 3.05) is 6.61 Å². The van der Waals surface area contributed by atoms with Gasteiger partial charge in [-0.05, 0) is 35.2 Å². The Morgan fingerprint density at radius 2 is 1.92 bits per heavy atom. The van der Waals surface area contributed by atoms with Gasteiger partial charge in [0.25, 0.3) is 5.91 Å². The highest BCUT2D eigenvalue weighted by molar-refractivity contribution is 7.10. The van der Waals surface area contributed by atoms with Crippen molar-refractivity contribution >= 4 is 28.8 Å². The van der Waals surface area contributed by atoms with E-state index < -0.39 is 0 Å². The number of benzene rings is 2. The molecule has 0 bridgehead atoms. The van der Waals surface area contributed by atoms with Crippen LogP contribution in [0.15, 0.2) is 72.1 Å². The van der Waals surface area contributed by atoms with Gasteiger partial charge in [-0.3, -0.25) is 4.79 Å². The minimum absolute atomic E-state index is 0.0605. The number of rotatable bonds is 6. The quantitative estimate of drug-likeness (QED) is 0.695. The number of nitrogens with one attached hydrogen (secondary N) is 1. The van der Waals surface area contributed by atoms with Gasteiger partial charge in [0.1, 0.15) is 5.75 Å². The van der Waals surface area contributed by atoms with E-state index in [9.17, 15) is 4.79 Å². The third-order valence-electron chi connectivity index (χ3n) is 3.43. The van der Waals surface area contributed by atoms with E-state index in [-0.39, 0.29) is 18.6 Å². The van der Waals surface area contributed by atoms with Crippen LogP contribution in [-0.4, -0.2) is 12.5 Å². The summed E-state index contributed by atoms with van der Waals surface area (Å²) >= 11 is 7.52. The highest BCUT2D eigenvalue weighted by Crippen LogP contribution is 2.26. The van der Waals surface area contributed by atoms with E-state index in [1.807, 2.05) is 47.8 Å². The summed E-state index contributed by atoms with van der Waals surface area (Å²) < 4.78 is 5.51. The molecule has 1 heterocycles. The van der Waals surface area contributed by atoms with Gasteiger partial charge >= 0.3 is 0 Å². The molecule has 0 aliphatic heterocycles. The Labute approximate surface area is 149 Å². The lowest BCUT2D eigenvalue weighted by Crippen LogP contribution is -2.32. The lowest BCUT2D eigenvalue weighted by Gasteiger charge is -2.18. The Morgan fingerprint density at radius 3 is 2.62 bits per heavy atom. The van der Waals surface area contributed by atoms with Crippen molar-refractivity contribution in [2.24, 2.45) is 0 Å². The van der Waals surface area contributed by atoms with Gasteiger partial charge in [0.05, 0.1) is 6.04 Å². The first-order valence-corrected chi connectivity index (χ1v) is 8.74. The summed E-state index contributed by atoms with van der Waals surface area (Å²) in [6, 6.07) is 20.7. The van der Waals surface area contributed by atoms with Crippen LogP contribution in [0.5, 0.6) is 5.75 Å². The van der Waals surface area contributed by atoms with Gasteiger partial charge in [-0.15, -0.1) is 11.3 Å². The van der Waals surface area contributed by atoms with E-state index in [1.165, 1.54) is 0 Å². The third kappa shape index (κ3) is 4.37. The molecule has 1 N–H and O–H groups in total. The Bertz CT molecular complexity index is 790. The first-order chi connectivity index (χ1) is 11.7. The number of hydrogen-bond acceptors (Lipinski definition) is 3. The standard InChI is InChI=1S/C19H16ClNO2S/c20-15-8-4-9-16(12-15)23-13-18(22)21-19(17-10-5-11-24-17)14-6-2-1-3-7-14/h1-12,19H,13H2,(H,21,22)/t19-/m1/s1. The number of thiophene rings is 1. The van der Waals surface area contributed by atoms with Crippen LogP contribution in [0.4, 0.5) is 0 Å². The first kappa shape index (κ1) is 16.6. The third-order valence-corrected chi connectivity index (χ3v) is 4.60. The smallest absolute Gasteiger partial charge is 0.258 e. The Balaban J connectivity index is 1.68. The van der Waals surface area contributed by atoms with Gasteiger partial charge < -0.3 is 10.1 Å². The van der Waals surface area contributed by atoms with Gasteiger partial charge in [0, 0.05) is 9.90 Å². The molecule has 0 unspecified atom stereocenters. The van der Waals surface area contributed by atoms with Gasteiger partial charge in [-0.25, -0.2) is 0 Å². The Morgan fingerprint density at radius 1 is 1.08 bits per heavy atom. The Hall–Kier alpha value is -2.30. The maximum absolute atomic E-state index is 12.3. The van der Waals surface area contributed by atoms with Crippen LogP contribution in [0.2, 0.25) is 5.02 Å². The summed E-state index contributed by atoms with van der Waals surface area (Å²) in [5.74, 6) is 0.391. The number of halogens is 1. The maximum atomic E-state index is 12.3. The number of amides is 1. The molecule has 122 valence electrons. The van der Waals surface area contributed by atoms with E-state index in [2.05, 4.69) is 5.32 Å². The van der Waals surface area contributed by atoms with Crippen molar-refractivity contribution in [3.8, 4) is 5.75 Å². The molecule has 3 rings (SSSR count). The van der Waals surface area contributed by atoms with Crippen molar-refractivity contribution < 1.29 is 9.53 Å². The largest absolute Gasteiger partial charge is 0.484 e. The van der Waals surface area contributed by atoms with Gasteiger partial charge in [0.2, 0.25) is 0 Å². The zero-order chi connectivity index (χ0) is 16.8. The van der Waals surface area contributed by atoms with Crippen LogP contribution in [-0.2, 0) is 4.79 Å². The second kappa shape index (κ2) is 7.99. The number of carbonyl (C=O) groups excluding carboxylic acids is 1. The first-order valence-electron chi connectivity index (χ1n) is 7.48. The minimum atomic E-state index is -0.183. The molecule has 1 amide bonds. The fraction of sp³-hybridized carbons (Fsp3) is 0.105. The molecular formula is C19H16ClNO2S. The molecule has 0 fully saturated rings. The van der Waals surface area contributed by atoms with Crippen LogP contribution in [0.3, 0.4) is 0 Å². The predicted molar refractivity (Wildman–Crippen MR) is 97.7 cm³/mol. The molecule has 0 saturated heterocycles. The summed E-state index contributed by atoms with van der Waals surface area (Å²) in [4.78, 5) is 13.4. The summed E-state index contributed by atoms with van der Waals surface area (Å²) in [6.07, 6.45) is 0. The zero-order valence-corrected chi connectivity index (χ0v) is 14.4. The van der Waals surface area contributed by atoms with Gasteiger partial charge in [-0.1, -0.05) is 54.1 Å². The Kier molecular flexibility index (Phi) is 5.51. The zero-order valence-electron chi connectivity index (χ0n) is 12.8. The van der Waals surface area contributed by atoms with Crippen molar-refractivity contribution in [3.05, 3.63) is 87.6 Å². The monoisotopic (exact) mass is 357 g/mol. The van der Waals surface area contributed by atoms with E-state index in [0.29, 0.717) is 10.8 Å². The molecule has 5 heteroatoms. The molecule has 0 spiro atoms. The van der Waals surface area contributed by atoms with Crippen LogP contribution in [0.25, 0.3) is 0 Å². The van der Waals surface area contributed by atoms with E-state index in [1.54, 1.807) is 35.6 Å². The van der Waals surface area contributed by atoms with E-state index in [4.69, 9.17) is 16.3 Å². The summed E-state index contributed by atoms with van der Waals surface area (Å²) in [7, 11) is 0. The van der Waals surface area contributed by atoms with E-state index >= 15 is 0 Å². The summed E-state index contributed by atoms with van der Waals surface area (Å²) in [5.41, 5.74) is 1.04. The molecule has 0 aliphatic rings. The highest BCUT2D eigenvalue weighted by atomic mass is 35.5. The normalized spacial score (nSPS) is 11.7. The molecule has 2 aromatic carbocycles. The fourth-order valence-corrected chi connectivity index (χ4v) is 3.31. The highest BCUT2D eigenvalue weighted by Gasteiger charge is 2.17. The average molecular weight is 358 g/mol. The number of carbonyl (C=O) groups is 1. The van der Waals surface area contributed by atoms with E-state index in [0.717, 1.165) is 10.4 Å². The fourth-order valence-electron chi connectivity index (χ4n) is 2.33. The molecule has 1 atom stereocenters. The van der Waals surface area contributed by atoms with Crippen molar-refractivity contribution in [1.82, 2.24) is 5.32 Å². The van der Waals surface area contributed by atoms with Crippen LogP contribution < -0.4 is 10.1 Å². The predicted octanol–water partition coefficient (Wildman–Crippen LogP) is 4.69. The number of hydrogen-bond donors (Lipinski definition) is 1. The van der Waals surface area contributed by atoms with Crippen molar-refractivity contribution in [2.45, 2.75) is 6.04 Å². The van der Waals surface area contributed by atoms with Gasteiger partial charge in [0.15, 0.2) is 6.61 Å². The summed E-state index contributed by atoms with van der Waals surface area (Å²) in [6.45, 7) is -0.0605. The van der Waals surface area contributed by atoms with Crippen LogP contribution >= 0.6 is 22.9 Å². The molecular weight excluding hydrogens is 342 g/mol. The van der Waals surface area contributed by atoms with Crippen molar-refractivity contribution in [3.63, 3.8) is 0 Å². The second-order valence-electron chi connectivity index (χ2n) is 5.17. The van der Waals surface area contributed by atoms with Gasteiger partial charge in [-0.2, -0.15) is 0 Å². The lowest BCUT2D eigenvalue weighted by atomic mass is 10.1. The topological polar surface area (TPSA) is 38.3 Å². The minimum Gasteiger partial charge on any atom is -0.484 e. The lowest BCUT2D eigenvalue weighted by molar-refractivity contribution is -0.123. The molecule has 0 saturated carbocycles. The maximum Gasteiger partial charge on any atom is 0.258 e. The van der Waals surface area contributed by atoms with Crippen LogP contribution in [0, 0.1) is 0 Å².